The highest BCUT2D eigenvalue weighted by Gasteiger charge is 2.26. The fraction of sp³-hybridized carbons (Fsp3) is 0.440. The van der Waals surface area contributed by atoms with Crippen molar-refractivity contribution in [3.05, 3.63) is 47.5 Å². The van der Waals surface area contributed by atoms with Crippen molar-refractivity contribution in [3.63, 3.8) is 0 Å². The lowest BCUT2D eigenvalue weighted by molar-refractivity contribution is 0.0696. The molecule has 2 N–H and O–H groups in total. The Morgan fingerprint density at radius 1 is 1.23 bits per heavy atom. The number of aromatic nitrogens is 2. The van der Waals surface area contributed by atoms with E-state index in [1.807, 2.05) is 51.1 Å². The van der Waals surface area contributed by atoms with Gasteiger partial charge < -0.3 is 19.7 Å². The van der Waals surface area contributed by atoms with E-state index in [0.717, 1.165) is 41.3 Å². The molecule has 1 aliphatic rings. The smallest absolute Gasteiger partial charge is 0.336 e. The molecule has 0 aliphatic heterocycles. The molecule has 0 bridgehead atoms. The van der Waals surface area contributed by atoms with Crippen LogP contribution in [0.5, 0.6) is 5.75 Å². The van der Waals surface area contributed by atoms with Gasteiger partial charge in [-0.15, -0.1) is 0 Å². The minimum absolute atomic E-state index is 0.128. The van der Waals surface area contributed by atoms with Gasteiger partial charge in [0.05, 0.1) is 22.7 Å². The third-order valence-electron chi connectivity index (χ3n) is 6.02. The number of hydrogen-bond donors (Lipinski definition) is 2. The van der Waals surface area contributed by atoms with Gasteiger partial charge in [0.15, 0.2) is 0 Å². The summed E-state index contributed by atoms with van der Waals surface area (Å²) in [7, 11) is 0. The maximum atomic E-state index is 11.6. The van der Waals surface area contributed by atoms with Crippen molar-refractivity contribution in [2.45, 2.75) is 65.5 Å². The summed E-state index contributed by atoms with van der Waals surface area (Å²) >= 11 is 0. The van der Waals surface area contributed by atoms with Gasteiger partial charge >= 0.3 is 5.97 Å². The van der Waals surface area contributed by atoms with Crippen molar-refractivity contribution in [3.8, 4) is 5.75 Å². The third kappa shape index (κ3) is 4.53. The van der Waals surface area contributed by atoms with Crippen LogP contribution in [-0.4, -0.2) is 26.7 Å². The van der Waals surface area contributed by atoms with Gasteiger partial charge in [-0.1, -0.05) is 19.8 Å². The van der Waals surface area contributed by atoms with E-state index in [4.69, 9.17) is 9.72 Å². The molecule has 1 aliphatic carbocycles. The highest BCUT2D eigenvalue weighted by atomic mass is 16.5. The fourth-order valence-electron chi connectivity index (χ4n) is 4.59. The molecular weight excluding hydrogens is 390 g/mol. The molecule has 6 nitrogen and oxygen atoms in total. The van der Waals surface area contributed by atoms with Crippen LogP contribution < -0.4 is 10.1 Å². The van der Waals surface area contributed by atoms with Crippen molar-refractivity contribution in [2.75, 3.05) is 5.32 Å². The maximum absolute atomic E-state index is 11.6. The fourth-order valence-corrected chi connectivity index (χ4v) is 4.59. The molecule has 0 unspecified atom stereocenters. The number of ether oxygens (including phenoxy) is 1. The van der Waals surface area contributed by atoms with Crippen LogP contribution in [0, 0.1) is 12.8 Å². The van der Waals surface area contributed by atoms with Crippen molar-refractivity contribution in [1.82, 2.24) is 9.55 Å². The Morgan fingerprint density at radius 2 is 1.97 bits per heavy atom. The summed E-state index contributed by atoms with van der Waals surface area (Å²) in [5, 5.41) is 13.0. The minimum Gasteiger partial charge on any atom is -0.491 e. The number of benzene rings is 2. The van der Waals surface area contributed by atoms with E-state index < -0.39 is 5.97 Å². The second-order valence-corrected chi connectivity index (χ2v) is 9.01. The molecule has 2 atom stereocenters. The first-order chi connectivity index (χ1) is 14.8. The van der Waals surface area contributed by atoms with Gasteiger partial charge in [0.25, 0.3) is 0 Å². The largest absolute Gasteiger partial charge is 0.491 e. The van der Waals surface area contributed by atoms with Gasteiger partial charge in [0, 0.05) is 11.7 Å². The number of anilines is 2. The van der Waals surface area contributed by atoms with Crippen LogP contribution in [0.15, 0.2) is 36.4 Å². The van der Waals surface area contributed by atoms with Crippen LogP contribution >= 0.6 is 0 Å². The first-order valence-corrected chi connectivity index (χ1v) is 11.1. The van der Waals surface area contributed by atoms with Crippen LogP contribution in [0.25, 0.3) is 11.0 Å². The number of aryl methyl sites for hydroxylation is 1. The molecule has 31 heavy (non-hydrogen) atoms. The summed E-state index contributed by atoms with van der Waals surface area (Å²) in [5.74, 6) is 1.33. The quantitative estimate of drug-likeness (QED) is 0.487. The highest BCUT2D eigenvalue weighted by molar-refractivity contribution is 5.95. The molecule has 1 heterocycles. The van der Waals surface area contributed by atoms with E-state index in [0.29, 0.717) is 23.0 Å². The van der Waals surface area contributed by atoms with Gasteiger partial charge in [-0.2, -0.15) is 0 Å². The van der Waals surface area contributed by atoms with Gasteiger partial charge in [-0.3, -0.25) is 0 Å². The number of carboxylic acids is 1. The predicted molar refractivity (Wildman–Crippen MR) is 124 cm³/mol. The summed E-state index contributed by atoms with van der Waals surface area (Å²) < 4.78 is 8.02. The number of aromatic carboxylic acids is 1. The summed E-state index contributed by atoms with van der Waals surface area (Å²) in [4.78, 5) is 16.5. The first-order valence-electron chi connectivity index (χ1n) is 11.1. The molecule has 4 rings (SSSR count). The molecular formula is C25H31N3O3. The Balaban J connectivity index is 1.75. The lowest BCUT2D eigenvalue weighted by atomic mass is 9.87. The average Bonchev–Trinajstić information content (AvgIpc) is 3.05. The number of fused-ring (bicyclic) bond motifs is 1. The third-order valence-corrected chi connectivity index (χ3v) is 6.02. The number of rotatable bonds is 6. The molecule has 2 aromatic carbocycles. The molecule has 1 saturated carbocycles. The number of nitrogens with one attached hydrogen (secondary N) is 1. The van der Waals surface area contributed by atoms with Crippen molar-refractivity contribution in [1.29, 1.82) is 0 Å². The number of nitrogens with zero attached hydrogens (tertiary/aromatic N) is 2. The zero-order chi connectivity index (χ0) is 22.1. The minimum atomic E-state index is -0.921. The summed E-state index contributed by atoms with van der Waals surface area (Å²) in [5.41, 5.74) is 3.68. The number of hydrogen-bond acceptors (Lipinski definition) is 4. The molecule has 0 saturated heterocycles. The van der Waals surface area contributed by atoms with Gasteiger partial charge in [0.2, 0.25) is 5.95 Å². The van der Waals surface area contributed by atoms with Gasteiger partial charge in [0.1, 0.15) is 5.75 Å². The van der Waals surface area contributed by atoms with Crippen molar-refractivity contribution in [2.24, 2.45) is 5.92 Å². The van der Waals surface area contributed by atoms with Crippen LogP contribution in [0.1, 0.15) is 68.4 Å². The van der Waals surface area contributed by atoms with E-state index in [9.17, 15) is 9.90 Å². The second-order valence-electron chi connectivity index (χ2n) is 9.01. The number of imidazole rings is 1. The first kappa shape index (κ1) is 21.2. The Labute approximate surface area is 183 Å². The standard InChI is InChI=1S/C25H31N3O3/c1-15(2)31-20-10-8-18(9-11-20)26-25-27-22-14-21(24(29)30)17(4)13-23(22)28(25)19-7-5-6-16(3)12-19/h8-11,13-16,19H,5-7,12H2,1-4H3,(H,26,27)(H,29,30)/t16-,19+/m1/s1. The number of carbonyl (C=O) groups is 1. The number of carboxylic acid groups (broad SMARTS) is 1. The van der Waals surface area contributed by atoms with Crippen LogP contribution in [0.4, 0.5) is 11.6 Å². The molecule has 0 spiro atoms. The Morgan fingerprint density at radius 3 is 2.61 bits per heavy atom. The zero-order valence-corrected chi connectivity index (χ0v) is 18.7. The normalized spacial score (nSPS) is 19.0. The van der Waals surface area contributed by atoms with Crippen molar-refractivity contribution < 1.29 is 14.6 Å². The SMILES string of the molecule is Cc1cc2c(cc1C(=O)O)nc(Nc1ccc(OC(C)C)cc1)n2[C@H]1CCC[C@@H](C)C1. The molecule has 1 fully saturated rings. The van der Waals surface area contributed by atoms with E-state index in [-0.39, 0.29) is 6.10 Å². The lowest BCUT2D eigenvalue weighted by Gasteiger charge is -2.29. The summed E-state index contributed by atoms with van der Waals surface area (Å²) in [6.07, 6.45) is 4.78. The van der Waals surface area contributed by atoms with Crippen LogP contribution in [0.3, 0.4) is 0 Å². The highest BCUT2D eigenvalue weighted by Crippen LogP contribution is 2.38. The average molecular weight is 422 g/mol. The molecule has 6 heteroatoms. The van der Waals surface area contributed by atoms with E-state index in [1.54, 1.807) is 6.07 Å². The molecule has 3 aromatic rings. The van der Waals surface area contributed by atoms with Crippen LogP contribution in [0.2, 0.25) is 0 Å². The summed E-state index contributed by atoms with van der Waals surface area (Å²) in [6.45, 7) is 8.17. The van der Waals surface area contributed by atoms with E-state index >= 15 is 0 Å². The molecule has 0 amide bonds. The lowest BCUT2D eigenvalue weighted by Crippen LogP contribution is -2.19. The molecule has 1 aromatic heterocycles. The second kappa shape index (κ2) is 8.61. The Kier molecular flexibility index (Phi) is 5.90. The van der Waals surface area contributed by atoms with Gasteiger partial charge in [-0.25, -0.2) is 9.78 Å². The monoisotopic (exact) mass is 421 g/mol. The van der Waals surface area contributed by atoms with Crippen LogP contribution in [-0.2, 0) is 0 Å². The van der Waals surface area contributed by atoms with E-state index in [2.05, 4.69) is 16.8 Å². The van der Waals surface area contributed by atoms with E-state index in [1.165, 1.54) is 12.8 Å². The molecule has 164 valence electrons. The molecule has 0 radical (unpaired) electrons. The maximum Gasteiger partial charge on any atom is 0.336 e. The van der Waals surface area contributed by atoms with Gasteiger partial charge in [-0.05, 0) is 81.5 Å². The van der Waals surface area contributed by atoms with Crippen molar-refractivity contribution >= 4 is 28.6 Å². The predicted octanol–water partition coefficient (Wildman–Crippen LogP) is 6.32. The topological polar surface area (TPSA) is 76.4 Å². The zero-order valence-electron chi connectivity index (χ0n) is 18.7. The Hall–Kier alpha value is -3.02. The Bertz CT molecular complexity index is 1090. The summed E-state index contributed by atoms with van der Waals surface area (Å²) in [6, 6.07) is 11.9.